The van der Waals surface area contributed by atoms with Gasteiger partial charge in [-0.3, -0.25) is 9.89 Å². The third-order valence-corrected chi connectivity index (χ3v) is 3.78. The predicted octanol–water partition coefficient (Wildman–Crippen LogP) is 2.09. The van der Waals surface area contributed by atoms with Crippen molar-refractivity contribution in [1.82, 2.24) is 15.5 Å². The number of aromatic amines is 1. The Labute approximate surface area is 117 Å². The van der Waals surface area contributed by atoms with Gasteiger partial charge in [-0.15, -0.1) is 0 Å². The third-order valence-electron chi connectivity index (χ3n) is 3.78. The molecule has 1 saturated carbocycles. The summed E-state index contributed by atoms with van der Waals surface area (Å²) in [5.74, 6) is 1.29. The topological polar surface area (TPSA) is 67.0 Å². The molecule has 1 aliphatic rings. The van der Waals surface area contributed by atoms with E-state index in [-0.39, 0.29) is 11.9 Å². The number of amides is 1. The summed E-state index contributed by atoms with van der Waals surface area (Å²) in [5.41, 5.74) is 1.78. The highest BCUT2D eigenvalue weighted by Crippen LogP contribution is 2.37. The SMILES string of the molecule is COc1cccc(C2CC(NC(=O)c3ccn[nH]3)C2)c1. The molecule has 5 heteroatoms. The van der Waals surface area contributed by atoms with Gasteiger partial charge in [0.1, 0.15) is 11.4 Å². The zero-order valence-electron chi connectivity index (χ0n) is 11.3. The molecular formula is C15H17N3O2. The van der Waals surface area contributed by atoms with Crippen LogP contribution in [0.2, 0.25) is 0 Å². The summed E-state index contributed by atoms with van der Waals surface area (Å²) in [6, 6.07) is 10.0. The Morgan fingerprint density at radius 1 is 1.40 bits per heavy atom. The van der Waals surface area contributed by atoms with Gasteiger partial charge >= 0.3 is 0 Å². The van der Waals surface area contributed by atoms with E-state index >= 15 is 0 Å². The lowest BCUT2D eigenvalue weighted by Crippen LogP contribution is -2.43. The van der Waals surface area contributed by atoms with E-state index < -0.39 is 0 Å². The molecule has 1 heterocycles. The van der Waals surface area contributed by atoms with E-state index in [4.69, 9.17) is 4.74 Å². The molecule has 0 saturated heterocycles. The highest BCUT2D eigenvalue weighted by atomic mass is 16.5. The Kier molecular flexibility index (Phi) is 3.41. The van der Waals surface area contributed by atoms with E-state index in [0.29, 0.717) is 11.6 Å². The van der Waals surface area contributed by atoms with Gasteiger partial charge in [0.05, 0.1) is 7.11 Å². The summed E-state index contributed by atoms with van der Waals surface area (Å²) in [6.45, 7) is 0. The molecule has 1 aromatic heterocycles. The molecule has 104 valence electrons. The first-order chi connectivity index (χ1) is 9.76. The second kappa shape index (κ2) is 5.36. The van der Waals surface area contributed by atoms with Crippen LogP contribution in [0.25, 0.3) is 0 Å². The predicted molar refractivity (Wildman–Crippen MR) is 74.8 cm³/mol. The van der Waals surface area contributed by atoms with Crippen molar-refractivity contribution in [3.63, 3.8) is 0 Å². The summed E-state index contributed by atoms with van der Waals surface area (Å²) in [6.07, 6.45) is 3.51. The standard InChI is InChI=1S/C15H17N3O2/c1-20-13-4-2-3-10(9-13)11-7-12(8-11)17-15(19)14-5-6-16-18-14/h2-6,9,11-12H,7-8H2,1H3,(H,16,18)(H,17,19). The summed E-state index contributed by atoms with van der Waals surface area (Å²) in [4.78, 5) is 11.9. The number of methoxy groups -OCH3 is 1. The van der Waals surface area contributed by atoms with Crippen LogP contribution in [0, 0.1) is 0 Å². The smallest absolute Gasteiger partial charge is 0.269 e. The number of hydrogen-bond acceptors (Lipinski definition) is 3. The van der Waals surface area contributed by atoms with Gasteiger partial charge in [0.15, 0.2) is 0 Å². The van der Waals surface area contributed by atoms with E-state index in [9.17, 15) is 4.79 Å². The van der Waals surface area contributed by atoms with E-state index in [1.165, 1.54) is 5.56 Å². The monoisotopic (exact) mass is 271 g/mol. The number of nitrogens with zero attached hydrogens (tertiary/aromatic N) is 1. The molecule has 3 rings (SSSR count). The van der Waals surface area contributed by atoms with Crippen LogP contribution >= 0.6 is 0 Å². The molecule has 1 aliphatic carbocycles. The molecule has 1 aromatic carbocycles. The molecule has 0 atom stereocenters. The van der Waals surface area contributed by atoms with Crippen LogP contribution in [0.5, 0.6) is 5.75 Å². The van der Waals surface area contributed by atoms with Gasteiger partial charge in [-0.25, -0.2) is 0 Å². The van der Waals surface area contributed by atoms with Gasteiger partial charge in [0.2, 0.25) is 0 Å². The fourth-order valence-electron chi connectivity index (χ4n) is 2.55. The number of carbonyl (C=O) groups is 1. The van der Waals surface area contributed by atoms with Crippen LogP contribution in [-0.2, 0) is 0 Å². The number of ether oxygens (including phenoxy) is 1. The number of rotatable bonds is 4. The van der Waals surface area contributed by atoms with Gasteiger partial charge in [0.25, 0.3) is 5.91 Å². The normalized spacial score (nSPS) is 21.1. The van der Waals surface area contributed by atoms with Crippen molar-refractivity contribution < 1.29 is 9.53 Å². The van der Waals surface area contributed by atoms with Crippen molar-refractivity contribution in [2.24, 2.45) is 0 Å². The molecule has 20 heavy (non-hydrogen) atoms. The lowest BCUT2D eigenvalue weighted by Gasteiger charge is -2.36. The van der Waals surface area contributed by atoms with E-state index in [1.807, 2.05) is 12.1 Å². The quantitative estimate of drug-likeness (QED) is 0.894. The summed E-state index contributed by atoms with van der Waals surface area (Å²) >= 11 is 0. The third kappa shape index (κ3) is 2.52. The molecule has 5 nitrogen and oxygen atoms in total. The average molecular weight is 271 g/mol. The van der Waals surface area contributed by atoms with Gasteiger partial charge in [-0.2, -0.15) is 5.10 Å². The zero-order valence-corrected chi connectivity index (χ0v) is 11.3. The van der Waals surface area contributed by atoms with E-state index in [1.54, 1.807) is 19.4 Å². The fourth-order valence-corrected chi connectivity index (χ4v) is 2.55. The number of aromatic nitrogens is 2. The Hall–Kier alpha value is -2.30. The molecule has 1 fully saturated rings. The molecule has 0 aliphatic heterocycles. The van der Waals surface area contributed by atoms with E-state index in [2.05, 4.69) is 27.6 Å². The number of nitrogens with one attached hydrogen (secondary N) is 2. The molecule has 2 aromatic rings. The second-order valence-corrected chi connectivity index (χ2v) is 5.09. The highest BCUT2D eigenvalue weighted by molar-refractivity contribution is 5.92. The Morgan fingerprint density at radius 2 is 2.25 bits per heavy atom. The lowest BCUT2D eigenvalue weighted by molar-refractivity contribution is 0.0903. The van der Waals surface area contributed by atoms with E-state index in [0.717, 1.165) is 18.6 Å². The summed E-state index contributed by atoms with van der Waals surface area (Å²) in [7, 11) is 1.67. The first-order valence-electron chi connectivity index (χ1n) is 6.70. The van der Waals surface area contributed by atoms with Crippen molar-refractivity contribution in [3.05, 3.63) is 47.8 Å². The van der Waals surface area contributed by atoms with Crippen molar-refractivity contribution in [1.29, 1.82) is 0 Å². The number of H-pyrrole nitrogens is 1. The van der Waals surface area contributed by atoms with Crippen LogP contribution in [0.1, 0.15) is 34.8 Å². The number of carbonyl (C=O) groups excluding carboxylic acids is 1. The fraction of sp³-hybridized carbons (Fsp3) is 0.333. The van der Waals surface area contributed by atoms with Crippen molar-refractivity contribution >= 4 is 5.91 Å². The van der Waals surface area contributed by atoms with Crippen molar-refractivity contribution in [2.45, 2.75) is 24.8 Å². The van der Waals surface area contributed by atoms with Crippen LogP contribution in [0.3, 0.4) is 0 Å². The minimum Gasteiger partial charge on any atom is -0.497 e. The molecule has 2 N–H and O–H groups in total. The van der Waals surface area contributed by atoms with Crippen molar-refractivity contribution in [2.75, 3.05) is 7.11 Å². The zero-order chi connectivity index (χ0) is 13.9. The van der Waals surface area contributed by atoms with Gasteiger partial charge in [-0.05, 0) is 42.5 Å². The Morgan fingerprint density at radius 3 is 2.95 bits per heavy atom. The van der Waals surface area contributed by atoms with Gasteiger partial charge < -0.3 is 10.1 Å². The van der Waals surface area contributed by atoms with Crippen LogP contribution in [-0.4, -0.2) is 29.3 Å². The largest absolute Gasteiger partial charge is 0.497 e. The number of benzene rings is 1. The first-order valence-corrected chi connectivity index (χ1v) is 6.70. The molecule has 1 amide bonds. The maximum Gasteiger partial charge on any atom is 0.269 e. The van der Waals surface area contributed by atoms with Crippen LogP contribution in [0.15, 0.2) is 36.5 Å². The summed E-state index contributed by atoms with van der Waals surface area (Å²) in [5, 5.41) is 9.45. The van der Waals surface area contributed by atoms with Gasteiger partial charge in [0, 0.05) is 12.2 Å². The minimum absolute atomic E-state index is 0.0865. The first kappa shape index (κ1) is 12.7. The Balaban J connectivity index is 1.55. The lowest BCUT2D eigenvalue weighted by atomic mass is 9.76. The van der Waals surface area contributed by atoms with Crippen molar-refractivity contribution in [3.8, 4) is 5.75 Å². The molecular weight excluding hydrogens is 254 g/mol. The average Bonchev–Trinajstić information content (AvgIpc) is 2.96. The van der Waals surface area contributed by atoms with Crippen LogP contribution < -0.4 is 10.1 Å². The molecule has 0 radical (unpaired) electrons. The Bertz CT molecular complexity index is 589. The number of hydrogen-bond donors (Lipinski definition) is 2. The maximum atomic E-state index is 11.9. The molecule has 0 bridgehead atoms. The van der Waals surface area contributed by atoms with Gasteiger partial charge in [-0.1, -0.05) is 12.1 Å². The minimum atomic E-state index is -0.0865. The second-order valence-electron chi connectivity index (χ2n) is 5.09. The molecule has 0 spiro atoms. The van der Waals surface area contributed by atoms with Crippen LogP contribution in [0.4, 0.5) is 0 Å². The summed E-state index contributed by atoms with van der Waals surface area (Å²) < 4.78 is 5.23. The highest BCUT2D eigenvalue weighted by Gasteiger charge is 2.31. The maximum absolute atomic E-state index is 11.9. The molecule has 0 unspecified atom stereocenters.